The van der Waals surface area contributed by atoms with Gasteiger partial charge in [-0.15, -0.1) is 0 Å². The van der Waals surface area contributed by atoms with Crippen LogP contribution in [-0.4, -0.2) is 36.5 Å². The Labute approximate surface area is 150 Å². The van der Waals surface area contributed by atoms with Gasteiger partial charge in [0.25, 0.3) is 11.8 Å². The first-order valence-corrected chi connectivity index (χ1v) is 9.34. The van der Waals surface area contributed by atoms with Crippen molar-refractivity contribution in [2.75, 3.05) is 6.26 Å². The van der Waals surface area contributed by atoms with Gasteiger partial charge in [0.1, 0.15) is 5.69 Å². The molecular weight excluding hydrogens is 424 g/mol. The molecule has 0 saturated heterocycles. The Morgan fingerprint density at radius 3 is 2.42 bits per heavy atom. The molecule has 2 amide bonds. The molecule has 0 aliphatic carbocycles. The van der Waals surface area contributed by atoms with Crippen LogP contribution in [0.4, 0.5) is 0 Å². The summed E-state index contributed by atoms with van der Waals surface area (Å²) in [6, 6.07) is 6.27. The molecule has 0 fully saturated rings. The molecule has 8 nitrogen and oxygen atoms in total. The van der Waals surface area contributed by atoms with Crippen LogP contribution < -0.4 is 10.9 Å². The van der Waals surface area contributed by atoms with Gasteiger partial charge in [-0.05, 0) is 28.1 Å². The quantitative estimate of drug-likeness (QED) is 0.557. The third-order valence-corrected chi connectivity index (χ3v) is 4.45. The molecule has 2 aromatic rings. The number of hydrazine groups is 1. The first-order valence-electron chi connectivity index (χ1n) is 6.28. The molecule has 2 N–H and O–H groups in total. The molecule has 0 unspecified atom stereocenters. The van der Waals surface area contributed by atoms with Crippen LogP contribution in [0, 0.1) is 0 Å². The van der Waals surface area contributed by atoms with E-state index in [0.29, 0.717) is 0 Å². The monoisotopic (exact) mass is 432 g/mol. The lowest BCUT2D eigenvalue weighted by molar-refractivity contribution is 0.0843. The summed E-state index contributed by atoms with van der Waals surface area (Å²) in [5, 5.41) is -0.292. The zero-order valence-electron chi connectivity index (χ0n) is 12.1. The number of hydrogen-bond acceptors (Lipinski definition) is 6. The van der Waals surface area contributed by atoms with Crippen molar-refractivity contribution in [3.63, 3.8) is 0 Å². The lowest BCUT2D eigenvalue weighted by Crippen LogP contribution is -2.42. The molecule has 0 aliphatic heterocycles. The van der Waals surface area contributed by atoms with Gasteiger partial charge in [-0.2, -0.15) is 0 Å². The number of rotatable bonds is 3. The summed E-state index contributed by atoms with van der Waals surface area (Å²) in [6.45, 7) is 0. The average molecular weight is 434 g/mol. The summed E-state index contributed by atoms with van der Waals surface area (Å²) in [5.74, 6) is -1.46. The fourth-order valence-corrected chi connectivity index (χ4v) is 2.67. The second-order valence-corrected chi connectivity index (χ2v) is 7.68. The molecule has 1 heterocycles. The number of nitrogens with zero attached hydrogens (tertiary/aromatic N) is 2. The Bertz CT molecular complexity index is 920. The van der Waals surface area contributed by atoms with Gasteiger partial charge in [0.05, 0.1) is 15.1 Å². The predicted octanol–water partition coefficient (Wildman–Crippen LogP) is 1.37. The summed E-state index contributed by atoms with van der Waals surface area (Å²) in [6.07, 6.45) is 2.05. The largest absolute Gasteiger partial charge is 0.289 e. The highest BCUT2D eigenvalue weighted by Gasteiger charge is 2.19. The molecule has 0 spiro atoms. The van der Waals surface area contributed by atoms with Crippen molar-refractivity contribution < 1.29 is 18.0 Å². The fourth-order valence-electron chi connectivity index (χ4n) is 1.57. The van der Waals surface area contributed by atoms with Crippen molar-refractivity contribution in [1.82, 2.24) is 20.8 Å². The number of carbonyl (C=O) groups excluding carboxylic acids is 2. The van der Waals surface area contributed by atoms with Gasteiger partial charge in [0, 0.05) is 12.5 Å². The van der Waals surface area contributed by atoms with Crippen LogP contribution in [0.15, 0.2) is 40.1 Å². The van der Waals surface area contributed by atoms with Crippen LogP contribution in [0.3, 0.4) is 0 Å². The second-order valence-electron chi connectivity index (χ2n) is 4.51. The van der Waals surface area contributed by atoms with Crippen LogP contribution in [-0.2, 0) is 9.84 Å². The van der Waals surface area contributed by atoms with Crippen LogP contribution in [0.2, 0.25) is 5.02 Å². The molecular formula is C13H10BrClN4O4S. The number of amides is 2. The minimum atomic E-state index is -3.68. The molecule has 0 atom stereocenters. The highest BCUT2D eigenvalue weighted by atomic mass is 79.9. The van der Waals surface area contributed by atoms with E-state index in [9.17, 15) is 18.0 Å². The Morgan fingerprint density at radius 1 is 1.17 bits per heavy atom. The minimum absolute atomic E-state index is 0.165. The first-order chi connectivity index (χ1) is 11.2. The van der Waals surface area contributed by atoms with E-state index in [-0.39, 0.29) is 20.8 Å². The van der Waals surface area contributed by atoms with Gasteiger partial charge in [0.2, 0.25) is 15.0 Å². The lowest BCUT2D eigenvalue weighted by Gasteiger charge is -2.09. The van der Waals surface area contributed by atoms with E-state index in [0.717, 1.165) is 12.5 Å². The zero-order chi connectivity index (χ0) is 17.9. The van der Waals surface area contributed by atoms with Crippen molar-refractivity contribution in [3.05, 3.63) is 51.2 Å². The standard InChI is InChI=1S/C13H10BrClN4O4S/c1-24(22,23)13-16-6-8(14)10(17-13)12(21)19-18-11(20)7-4-2-3-5-9(7)15/h2-6H,1H3,(H,18,20)(H,19,21). The van der Waals surface area contributed by atoms with Gasteiger partial charge < -0.3 is 0 Å². The van der Waals surface area contributed by atoms with Gasteiger partial charge in [-0.1, -0.05) is 23.7 Å². The Hall–Kier alpha value is -2.04. The van der Waals surface area contributed by atoms with E-state index >= 15 is 0 Å². The van der Waals surface area contributed by atoms with E-state index in [1.54, 1.807) is 12.1 Å². The highest BCUT2D eigenvalue weighted by Crippen LogP contribution is 2.16. The van der Waals surface area contributed by atoms with E-state index < -0.39 is 26.8 Å². The van der Waals surface area contributed by atoms with E-state index in [2.05, 4.69) is 36.7 Å². The van der Waals surface area contributed by atoms with Crippen molar-refractivity contribution in [2.45, 2.75) is 5.16 Å². The van der Waals surface area contributed by atoms with Gasteiger partial charge >= 0.3 is 0 Å². The molecule has 126 valence electrons. The van der Waals surface area contributed by atoms with Gasteiger partial charge in [0.15, 0.2) is 0 Å². The zero-order valence-corrected chi connectivity index (χ0v) is 15.2. The van der Waals surface area contributed by atoms with Crippen LogP contribution in [0.1, 0.15) is 20.8 Å². The summed E-state index contributed by atoms with van der Waals surface area (Å²) in [4.78, 5) is 31.3. The fraction of sp³-hybridized carbons (Fsp3) is 0.0769. The van der Waals surface area contributed by atoms with Crippen molar-refractivity contribution >= 4 is 49.2 Å². The number of benzene rings is 1. The smallest absolute Gasteiger partial charge is 0.267 e. The highest BCUT2D eigenvalue weighted by molar-refractivity contribution is 9.10. The van der Waals surface area contributed by atoms with Crippen molar-refractivity contribution in [3.8, 4) is 0 Å². The average Bonchev–Trinajstić information content (AvgIpc) is 2.52. The van der Waals surface area contributed by atoms with Crippen LogP contribution >= 0.6 is 27.5 Å². The molecule has 2 rings (SSSR count). The lowest BCUT2D eigenvalue weighted by atomic mass is 10.2. The number of hydrogen-bond donors (Lipinski definition) is 2. The SMILES string of the molecule is CS(=O)(=O)c1ncc(Br)c(C(=O)NNC(=O)c2ccccc2Cl)n1. The maximum Gasteiger partial charge on any atom is 0.289 e. The molecule has 1 aromatic heterocycles. The normalized spacial score (nSPS) is 11.0. The predicted molar refractivity (Wildman–Crippen MR) is 89.2 cm³/mol. The minimum Gasteiger partial charge on any atom is -0.267 e. The summed E-state index contributed by atoms with van der Waals surface area (Å²) in [5.41, 5.74) is 4.22. The molecule has 24 heavy (non-hydrogen) atoms. The molecule has 0 aliphatic rings. The Kier molecular flexibility index (Phi) is 5.52. The third kappa shape index (κ3) is 4.28. The van der Waals surface area contributed by atoms with Crippen LogP contribution in [0.5, 0.6) is 0 Å². The maximum atomic E-state index is 12.1. The number of aromatic nitrogens is 2. The molecule has 0 bridgehead atoms. The van der Waals surface area contributed by atoms with Gasteiger partial charge in [-0.25, -0.2) is 18.4 Å². The molecule has 0 radical (unpaired) electrons. The van der Waals surface area contributed by atoms with E-state index in [1.165, 1.54) is 12.1 Å². The van der Waals surface area contributed by atoms with Gasteiger partial charge in [-0.3, -0.25) is 20.4 Å². The molecule has 1 aromatic carbocycles. The van der Waals surface area contributed by atoms with Crippen LogP contribution in [0.25, 0.3) is 0 Å². The first kappa shape index (κ1) is 18.3. The van der Waals surface area contributed by atoms with Crippen molar-refractivity contribution in [1.29, 1.82) is 0 Å². The van der Waals surface area contributed by atoms with E-state index in [4.69, 9.17) is 11.6 Å². The number of nitrogens with one attached hydrogen (secondary N) is 2. The van der Waals surface area contributed by atoms with E-state index in [1.807, 2.05) is 0 Å². The molecule has 11 heteroatoms. The summed E-state index contributed by atoms with van der Waals surface area (Å²) >= 11 is 8.93. The number of halogens is 2. The number of carbonyl (C=O) groups is 2. The Balaban J connectivity index is 2.16. The third-order valence-electron chi connectivity index (χ3n) is 2.68. The second kappa shape index (κ2) is 7.24. The molecule has 0 saturated carbocycles. The number of sulfone groups is 1. The Morgan fingerprint density at radius 2 is 1.79 bits per heavy atom. The van der Waals surface area contributed by atoms with Crippen molar-refractivity contribution in [2.24, 2.45) is 0 Å². The topological polar surface area (TPSA) is 118 Å². The maximum absolute atomic E-state index is 12.1. The summed E-state index contributed by atoms with van der Waals surface area (Å²) in [7, 11) is -3.68. The summed E-state index contributed by atoms with van der Waals surface area (Å²) < 4.78 is 23.1.